The average Bonchev–Trinajstić information content (AvgIpc) is 3.11. The van der Waals surface area contributed by atoms with E-state index in [1.165, 1.54) is 28.2 Å². The van der Waals surface area contributed by atoms with E-state index < -0.39 is 0 Å². The largest absolute Gasteiger partial charge is 0.493 e. The molecule has 1 atom stereocenters. The lowest BCUT2D eigenvalue weighted by molar-refractivity contribution is 0.201. The van der Waals surface area contributed by atoms with Crippen LogP contribution in [0.2, 0.25) is 4.34 Å². The predicted octanol–water partition coefficient (Wildman–Crippen LogP) is 4.36. The number of hydrogen-bond donors (Lipinski definition) is 0. The Labute approximate surface area is 167 Å². The Balaban J connectivity index is 1.80. The van der Waals surface area contributed by atoms with Crippen LogP contribution >= 0.6 is 23.1 Å². The molecule has 2 aromatic carbocycles. The SMILES string of the molecule is COc1cc2c(cc1OC)[C@H](c1ccccc1)N(Cc1nnsc1Cl)CC2. The third-order valence-electron chi connectivity index (χ3n) is 4.95. The first-order valence-electron chi connectivity index (χ1n) is 8.71. The van der Waals surface area contributed by atoms with Crippen LogP contribution in [-0.4, -0.2) is 35.3 Å². The summed E-state index contributed by atoms with van der Waals surface area (Å²) in [7, 11) is 3.34. The number of nitrogens with zero attached hydrogens (tertiary/aromatic N) is 3. The van der Waals surface area contributed by atoms with E-state index in [0.29, 0.717) is 10.9 Å². The summed E-state index contributed by atoms with van der Waals surface area (Å²) >= 11 is 7.50. The molecular formula is C20H20ClN3O2S. The molecule has 0 aliphatic carbocycles. The van der Waals surface area contributed by atoms with Crippen molar-refractivity contribution in [2.45, 2.75) is 19.0 Å². The van der Waals surface area contributed by atoms with Gasteiger partial charge in [-0.3, -0.25) is 4.90 Å². The molecule has 7 heteroatoms. The molecule has 140 valence electrons. The molecule has 5 nitrogen and oxygen atoms in total. The van der Waals surface area contributed by atoms with Crippen LogP contribution in [0, 0.1) is 0 Å². The zero-order valence-electron chi connectivity index (χ0n) is 15.2. The van der Waals surface area contributed by atoms with Crippen molar-refractivity contribution < 1.29 is 9.47 Å². The minimum Gasteiger partial charge on any atom is -0.493 e. The van der Waals surface area contributed by atoms with Crippen molar-refractivity contribution in [1.29, 1.82) is 0 Å². The highest BCUT2D eigenvalue weighted by Crippen LogP contribution is 2.41. The molecule has 3 aromatic rings. The van der Waals surface area contributed by atoms with E-state index in [1.807, 2.05) is 6.07 Å². The fourth-order valence-corrected chi connectivity index (χ4v) is 4.29. The molecule has 0 bridgehead atoms. The monoisotopic (exact) mass is 401 g/mol. The summed E-state index contributed by atoms with van der Waals surface area (Å²) in [6, 6.07) is 14.8. The smallest absolute Gasteiger partial charge is 0.161 e. The molecule has 0 saturated carbocycles. The normalized spacial score (nSPS) is 16.8. The lowest BCUT2D eigenvalue weighted by atomic mass is 9.87. The summed E-state index contributed by atoms with van der Waals surface area (Å²) < 4.78 is 15.7. The van der Waals surface area contributed by atoms with Gasteiger partial charge in [0.2, 0.25) is 0 Å². The first-order chi connectivity index (χ1) is 13.2. The zero-order chi connectivity index (χ0) is 18.8. The number of aromatic nitrogens is 2. The summed E-state index contributed by atoms with van der Waals surface area (Å²) in [5, 5.41) is 4.21. The van der Waals surface area contributed by atoms with Gasteiger partial charge >= 0.3 is 0 Å². The molecule has 0 saturated heterocycles. The van der Waals surface area contributed by atoms with Gasteiger partial charge in [0.1, 0.15) is 10.0 Å². The highest BCUT2D eigenvalue weighted by atomic mass is 35.5. The van der Waals surface area contributed by atoms with E-state index in [-0.39, 0.29) is 6.04 Å². The Morgan fingerprint density at radius 1 is 1.15 bits per heavy atom. The van der Waals surface area contributed by atoms with Crippen molar-refractivity contribution >= 4 is 23.1 Å². The molecule has 0 spiro atoms. The highest BCUT2D eigenvalue weighted by molar-refractivity contribution is 7.10. The maximum Gasteiger partial charge on any atom is 0.161 e. The van der Waals surface area contributed by atoms with Gasteiger partial charge in [-0.05, 0) is 35.2 Å². The van der Waals surface area contributed by atoms with Gasteiger partial charge in [0.25, 0.3) is 0 Å². The van der Waals surface area contributed by atoms with E-state index in [0.717, 1.165) is 30.2 Å². The molecule has 0 fully saturated rings. The molecule has 1 aromatic heterocycles. The first kappa shape index (κ1) is 18.2. The van der Waals surface area contributed by atoms with Crippen molar-refractivity contribution in [3.05, 3.63) is 69.2 Å². The zero-order valence-corrected chi connectivity index (χ0v) is 16.8. The number of ether oxygens (including phenoxy) is 2. The summed E-state index contributed by atoms with van der Waals surface area (Å²) in [6.07, 6.45) is 0.925. The third kappa shape index (κ3) is 3.52. The predicted molar refractivity (Wildman–Crippen MR) is 107 cm³/mol. The van der Waals surface area contributed by atoms with Crippen LogP contribution in [0.4, 0.5) is 0 Å². The van der Waals surface area contributed by atoms with Gasteiger partial charge in [0.05, 0.1) is 20.3 Å². The summed E-state index contributed by atoms with van der Waals surface area (Å²) in [5.74, 6) is 1.51. The van der Waals surface area contributed by atoms with Crippen LogP contribution in [0.3, 0.4) is 0 Å². The van der Waals surface area contributed by atoms with Gasteiger partial charge in [-0.15, -0.1) is 5.10 Å². The molecule has 0 amide bonds. The van der Waals surface area contributed by atoms with Gasteiger partial charge in [-0.2, -0.15) is 0 Å². The summed E-state index contributed by atoms with van der Waals surface area (Å²) in [6.45, 7) is 1.55. The maximum absolute atomic E-state index is 6.27. The van der Waals surface area contributed by atoms with Crippen molar-refractivity contribution in [1.82, 2.24) is 14.5 Å². The Bertz CT molecular complexity index is 932. The molecular weight excluding hydrogens is 382 g/mol. The number of methoxy groups -OCH3 is 2. The number of benzene rings is 2. The number of hydrogen-bond acceptors (Lipinski definition) is 6. The van der Waals surface area contributed by atoms with Gasteiger partial charge in [0.15, 0.2) is 11.5 Å². The molecule has 0 N–H and O–H groups in total. The minimum atomic E-state index is 0.0903. The topological polar surface area (TPSA) is 47.5 Å². The lowest BCUT2D eigenvalue weighted by Crippen LogP contribution is -2.36. The van der Waals surface area contributed by atoms with Crippen molar-refractivity contribution in [3.8, 4) is 11.5 Å². The summed E-state index contributed by atoms with van der Waals surface area (Å²) in [5.41, 5.74) is 4.56. The van der Waals surface area contributed by atoms with Crippen LogP contribution in [0.25, 0.3) is 0 Å². The molecule has 1 aliphatic heterocycles. The minimum absolute atomic E-state index is 0.0903. The molecule has 0 radical (unpaired) electrons. The Hall–Kier alpha value is -2.15. The van der Waals surface area contributed by atoms with Gasteiger partial charge in [-0.25, -0.2) is 0 Å². The Kier molecular flexibility index (Phi) is 5.29. The van der Waals surface area contributed by atoms with E-state index in [9.17, 15) is 0 Å². The van der Waals surface area contributed by atoms with Crippen LogP contribution in [0.5, 0.6) is 11.5 Å². The molecule has 0 unspecified atom stereocenters. The standard InChI is InChI=1S/C20H20ClN3O2S/c1-25-17-10-14-8-9-24(12-16-20(21)27-23-22-16)19(13-6-4-3-5-7-13)15(14)11-18(17)26-2/h3-7,10-11,19H,8-9,12H2,1-2H3/t19-/m0/s1. The van der Waals surface area contributed by atoms with Gasteiger partial charge in [-0.1, -0.05) is 46.4 Å². The van der Waals surface area contributed by atoms with E-state index in [2.05, 4.69) is 50.9 Å². The van der Waals surface area contributed by atoms with Crippen molar-refractivity contribution in [2.75, 3.05) is 20.8 Å². The first-order valence-corrected chi connectivity index (χ1v) is 9.87. The average molecular weight is 402 g/mol. The van der Waals surface area contributed by atoms with Crippen LogP contribution in [0.15, 0.2) is 42.5 Å². The van der Waals surface area contributed by atoms with Crippen LogP contribution in [-0.2, 0) is 13.0 Å². The molecule has 4 rings (SSSR count). The Morgan fingerprint density at radius 2 is 1.89 bits per heavy atom. The second kappa shape index (κ2) is 7.84. The lowest BCUT2D eigenvalue weighted by Gasteiger charge is -2.37. The van der Waals surface area contributed by atoms with Gasteiger partial charge < -0.3 is 9.47 Å². The van der Waals surface area contributed by atoms with Crippen molar-refractivity contribution in [2.24, 2.45) is 0 Å². The fraction of sp³-hybridized carbons (Fsp3) is 0.300. The van der Waals surface area contributed by atoms with Gasteiger partial charge in [0, 0.05) is 24.6 Å². The fourth-order valence-electron chi connectivity index (χ4n) is 3.68. The Morgan fingerprint density at radius 3 is 2.56 bits per heavy atom. The second-order valence-electron chi connectivity index (χ2n) is 6.43. The molecule has 1 aliphatic rings. The summed E-state index contributed by atoms with van der Waals surface area (Å²) in [4.78, 5) is 2.40. The third-order valence-corrected chi connectivity index (χ3v) is 5.94. The second-order valence-corrected chi connectivity index (χ2v) is 7.79. The van der Waals surface area contributed by atoms with Crippen LogP contribution in [0.1, 0.15) is 28.4 Å². The number of fused-ring (bicyclic) bond motifs is 1. The number of rotatable bonds is 5. The van der Waals surface area contributed by atoms with E-state index in [1.54, 1.807) is 14.2 Å². The maximum atomic E-state index is 6.27. The van der Waals surface area contributed by atoms with Crippen molar-refractivity contribution in [3.63, 3.8) is 0 Å². The number of halogens is 1. The molecule has 27 heavy (non-hydrogen) atoms. The van der Waals surface area contributed by atoms with Crippen LogP contribution < -0.4 is 9.47 Å². The van der Waals surface area contributed by atoms with E-state index in [4.69, 9.17) is 21.1 Å². The van der Waals surface area contributed by atoms with E-state index >= 15 is 0 Å². The highest BCUT2D eigenvalue weighted by Gasteiger charge is 2.31. The quantitative estimate of drug-likeness (QED) is 0.635. The molecule has 2 heterocycles.